The van der Waals surface area contributed by atoms with Gasteiger partial charge >= 0.3 is 0 Å². The van der Waals surface area contributed by atoms with Gasteiger partial charge in [0, 0.05) is 19.8 Å². The maximum atomic E-state index is 11.5. The Morgan fingerprint density at radius 2 is 2.29 bits per heavy atom. The van der Waals surface area contributed by atoms with E-state index in [1.807, 2.05) is 6.92 Å². The Morgan fingerprint density at radius 1 is 1.57 bits per heavy atom. The van der Waals surface area contributed by atoms with Crippen LogP contribution in [0.2, 0.25) is 0 Å². The lowest BCUT2D eigenvalue weighted by Gasteiger charge is -2.13. The van der Waals surface area contributed by atoms with E-state index < -0.39 is 0 Å². The first-order valence-electron chi connectivity index (χ1n) is 5.26. The highest BCUT2D eigenvalue weighted by Gasteiger charge is 2.25. The van der Waals surface area contributed by atoms with Gasteiger partial charge in [-0.25, -0.2) is 0 Å². The number of methoxy groups -OCH3 is 1. The fourth-order valence-corrected chi connectivity index (χ4v) is 1.18. The average molecular weight is 200 g/mol. The smallest absolute Gasteiger partial charge is 0.237 e. The Labute approximate surface area is 85.4 Å². The van der Waals surface area contributed by atoms with Crippen molar-refractivity contribution in [2.24, 2.45) is 0 Å². The summed E-state index contributed by atoms with van der Waals surface area (Å²) in [7, 11) is 1.68. The molecule has 1 aliphatic rings. The lowest BCUT2D eigenvalue weighted by Crippen LogP contribution is -2.43. The highest BCUT2D eigenvalue weighted by molar-refractivity contribution is 5.81. The normalized spacial score (nSPS) is 17.9. The van der Waals surface area contributed by atoms with Crippen LogP contribution in [0, 0.1) is 0 Å². The molecule has 0 spiro atoms. The summed E-state index contributed by atoms with van der Waals surface area (Å²) >= 11 is 0. The van der Waals surface area contributed by atoms with Gasteiger partial charge in [0.05, 0.1) is 6.04 Å². The van der Waals surface area contributed by atoms with Crippen LogP contribution in [-0.2, 0) is 9.53 Å². The third-order valence-corrected chi connectivity index (χ3v) is 2.29. The zero-order chi connectivity index (χ0) is 10.4. The standard InChI is InChI=1S/C10H20N2O2/c1-8(11-6-3-7-14-2)10(13)12-9-4-5-9/h8-9,11H,3-7H2,1-2H3,(H,12,13). The zero-order valence-corrected chi connectivity index (χ0v) is 9.01. The molecule has 0 aliphatic heterocycles. The van der Waals surface area contributed by atoms with Gasteiger partial charge in [0.2, 0.25) is 5.91 Å². The average Bonchev–Trinajstić information content (AvgIpc) is 2.96. The van der Waals surface area contributed by atoms with Crippen LogP contribution in [0.4, 0.5) is 0 Å². The summed E-state index contributed by atoms with van der Waals surface area (Å²) in [5, 5.41) is 6.12. The SMILES string of the molecule is COCCCNC(C)C(=O)NC1CC1. The molecular formula is C10H20N2O2. The van der Waals surface area contributed by atoms with Crippen LogP contribution in [0.3, 0.4) is 0 Å². The Morgan fingerprint density at radius 3 is 2.86 bits per heavy atom. The molecule has 0 aromatic carbocycles. The first-order valence-corrected chi connectivity index (χ1v) is 5.26. The molecule has 2 N–H and O–H groups in total. The van der Waals surface area contributed by atoms with Crippen LogP contribution in [0.5, 0.6) is 0 Å². The van der Waals surface area contributed by atoms with Crippen LogP contribution in [0.15, 0.2) is 0 Å². The minimum atomic E-state index is -0.0903. The molecular weight excluding hydrogens is 180 g/mol. The predicted molar refractivity (Wildman–Crippen MR) is 55.1 cm³/mol. The number of amides is 1. The quantitative estimate of drug-likeness (QED) is 0.580. The lowest BCUT2D eigenvalue weighted by molar-refractivity contribution is -0.122. The molecule has 1 fully saturated rings. The number of hydrogen-bond acceptors (Lipinski definition) is 3. The number of carbonyl (C=O) groups excluding carboxylic acids is 1. The lowest BCUT2D eigenvalue weighted by atomic mass is 10.3. The first kappa shape index (κ1) is 11.5. The van der Waals surface area contributed by atoms with E-state index in [4.69, 9.17) is 4.74 Å². The van der Waals surface area contributed by atoms with Crippen LogP contribution >= 0.6 is 0 Å². The largest absolute Gasteiger partial charge is 0.385 e. The molecule has 0 aromatic rings. The minimum Gasteiger partial charge on any atom is -0.385 e. The summed E-state index contributed by atoms with van der Waals surface area (Å²) in [6.07, 6.45) is 3.22. The molecule has 0 heterocycles. The summed E-state index contributed by atoms with van der Waals surface area (Å²) in [6.45, 7) is 3.46. The third kappa shape index (κ3) is 4.58. The maximum absolute atomic E-state index is 11.5. The third-order valence-electron chi connectivity index (χ3n) is 2.29. The highest BCUT2D eigenvalue weighted by atomic mass is 16.5. The van der Waals surface area contributed by atoms with E-state index in [0.717, 1.165) is 32.4 Å². The maximum Gasteiger partial charge on any atom is 0.237 e. The van der Waals surface area contributed by atoms with Crippen LogP contribution < -0.4 is 10.6 Å². The molecule has 1 amide bonds. The molecule has 0 radical (unpaired) electrons. The zero-order valence-electron chi connectivity index (χ0n) is 9.01. The van der Waals surface area contributed by atoms with Gasteiger partial charge in [-0.15, -0.1) is 0 Å². The summed E-state index contributed by atoms with van der Waals surface area (Å²) in [5.41, 5.74) is 0. The second kappa shape index (κ2) is 5.98. The van der Waals surface area contributed by atoms with Gasteiger partial charge < -0.3 is 15.4 Å². The van der Waals surface area contributed by atoms with Crippen molar-refractivity contribution < 1.29 is 9.53 Å². The van der Waals surface area contributed by atoms with Gasteiger partial charge in [-0.3, -0.25) is 4.79 Å². The van der Waals surface area contributed by atoms with Gasteiger partial charge in [-0.1, -0.05) is 0 Å². The molecule has 4 nitrogen and oxygen atoms in total. The first-order chi connectivity index (χ1) is 6.74. The fourth-order valence-electron chi connectivity index (χ4n) is 1.18. The number of rotatable bonds is 7. The molecule has 1 unspecified atom stereocenters. The molecule has 82 valence electrons. The molecule has 0 saturated heterocycles. The van der Waals surface area contributed by atoms with Crippen LogP contribution in [0.1, 0.15) is 26.2 Å². The van der Waals surface area contributed by atoms with Gasteiger partial charge in [0.15, 0.2) is 0 Å². The van der Waals surface area contributed by atoms with Crippen molar-refractivity contribution in [3.8, 4) is 0 Å². The molecule has 0 bridgehead atoms. The number of carbonyl (C=O) groups is 1. The molecule has 1 saturated carbocycles. The van der Waals surface area contributed by atoms with Crippen molar-refractivity contribution in [3.63, 3.8) is 0 Å². The van der Waals surface area contributed by atoms with E-state index in [2.05, 4.69) is 10.6 Å². The second-order valence-electron chi connectivity index (χ2n) is 3.81. The van der Waals surface area contributed by atoms with E-state index >= 15 is 0 Å². The molecule has 14 heavy (non-hydrogen) atoms. The number of hydrogen-bond donors (Lipinski definition) is 2. The van der Waals surface area contributed by atoms with E-state index in [-0.39, 0.29) is 11.9 Å². The highest BCUT2D eigenvalue weighted by Crippen LogP contribution is 2.18. The predicted octanol–water partition coefficient (Wildman–Crippen LogP) is 0.280. The monoisotopic (exact) mass is 200 g/mol. The van der Waals surface area contributed by atoms with E-state index in [0.29, 0.717) is 6.04 Å². The summed E-state index contributed by atoms with van der Waals surface area (Å²) in [4.78, 5) is 11.5. The van der Waals surface area contributed by atoms with E-state index in [1.54, 1.807) is 7.11 Å². The Hall–Kier alpha value is -0.610. The summed E-state index contributed by atoms with van der Waals surface area (Å²) in [6, 6.07) is 0.359. The molecule has 1 atom stereocenters. The van der Waals surface area contributed by atoms with Gasteiger partial charge in [0.25, 0.3) is 0 Å². The summed E-state index contributed by atoms with van der Waals surface area (Å²) in [5.74, 6) is 0.116. The van der Waals surface area contributed by atoms with E-state index in [1.165, 1.54) is 0 Å². The van der Waals surface area contributed by atoms with Crippen molar-refractivity contribution >= 4 is 5.91 Å². The number of ether oxygens (including phenoxy) is 1. The van der Waals surface area contributed by atoms with Crippen LogP contribution in [-0.4, -0.2) is 38.3 Å². The van der Waals surface area contributed by atoms with Crippen molar-refractivity contribution in [2.75, 3.05) is 20.3 Å². The van der Waals surface area contributed by atoms with Gasteiger partial charge in [-0.05, 0) is 32.7 Å². The topological polar surface area (TPSA) is 50.4 Å². The second-order valence-corrected chi connectivity index (χ2v) is 3.81. The molecule has 0 aromatic heterocycles. The Kier molecular flexibility index (Phi) is 4.90. The minimum absolute atomic E-state index is 0.0903. The molecule has 1 rings (SSSR count). The fraction of sp³-hybridized carbons (Fsp3) is 0.900. The van der Waals surface area contributed by atoms with Crippen molar-refractivity contribution in [3.05, 3.63) is 0 Å². The van der Waals surface area contributed by atoms with Crippen LogP contribution in [0.25, 0.3) is 0 Å². The molecule has 1 aliphatic carbocycles. The van der Waals surface area contributed by atoms with Crippen molar-refractivity contribution in [1.82, 2.24) is 10.6 Å². The Bertz CT molecular complexity index is 181. The number of nitrogens with one attached hydrogen (secondary N) is 2. The van der Waals surface area contributed by atoms with Gasteiger partial charge in [-0.2, -0.15) is 0 Å². The summed E-state index contributed by atoms with van der Waals surface area (Å²) < 4.78 is 4.92. The van der Waals surface area contributed by atoms with Crippen molar-refractivity contribution in [1.29, 1.82) is 0 Å². The molecule has 4 heteroatoms. The van der Waals surface area contributed by atoms with Crippen molar-refractivity contribution in [2.45, 2.75) is 38.3 Å². The Balaban J connectivity index is 2.00. The van der Waals surface area contributed by atoms with E-state index in [9.17, 15) is 4.79 Å². The van der Waals surface area contributed by atoms with Gasteiger partial charge in [0.1, 0.15) is 0 Å².